The lowest BCUT2D eigenvalue weighted by molar-refractivity contribution is 1.12. The normalized spacial score (nSPS) is 10.4. The molecular weight excluding hydrogens is 293 g/mol. The predicted molar refractivity (Wildman–Crippen MR) is 67.4 cm³/mol. The van der Waals surface area contributed by atoms with E-state index in [-0.39, 0.29) is 11.5 Å². The van der Waals surface area contributed by atoms with E-state index in [1.54, 1.807) is 18.2 Å². The molecule has 0 atom stereocenters. The Bertz CT molecular complexity index is 597. The van der Waals surface area contributed by atoms with Gasteiger partial charge in [0.2, 0.25) is 5.95 Å². The van der Waals surface area contributed by atoms with Gasteiger partial charge in [0.05, 0.1) is 10.7 Å². The third-order valence-electron chi connectivity index (χ3n) is 2.01. The summed E-state index contributed by atoms with van der Waals surface area (Å²) >= 11 is 9.19. The zero-order valence-electron chi connectivity index (χ0n) is 8.00. The highest BCUT2D eigenvalue weighted by Crippen LogP contribution is 2.29. The zero-order valence-corrected chi connectivity index (χ0v) is 10.3. The van der Waals surface area contributed by atoms with Crippen molar-refractivity contribution in [2.24, 2.45) is 0 Å². The van der Waals surface area contributed by atoms with E-state index < -0.39 is 0 Å². The van der Waals surface area contributed by atoms with E-state index in [4.69, 9.17) is 17.3 Å². The molecule has 82 valence electrons. The molecule has 0 amide bonds. The van der Waals surface area contributed by atoms with Gasteiger partial charge in [0.25, 0.3) is 5.56 Å². The maximum Gasteiger partial charge on any atom is 0.267 e. The van der Waals surface area contributed by atoms with Crippen LogP contribution in [0, 0.1) is 0 Å². The van der Waals surface area contributed by atoms with E-state index in [1.165, 1.54) is 0 Å². The number of nitrogens with zero attached hydrogens (tertiary/aromatic N) is 1. The molecule has 0 fully saturated rings. The molecule has 0 saturated carbocycles. The fourth-order valence-corrected chi connectivity index (χ4v) is 1.93. The lowest BCUT2D eigenvalue weighted by atomic mass is 10.1. The minimum absolute atomic E-state index is 0.0584. The third-order valence-corrected chi connectivity index (χ3v) is 3.08. The number of hydrogen-bond donors (Lipinski definition) is 2. The average Bonchev–Trinajstić information content (AvgIpc) is 2.24. The summed E-state index contributed by atoms with van der Waals surface area (Å²) in [5.74, 6) is 0.0584. The van der Waals surface area contributed by atoms with Crippen LogP contribution in [0.3, 0.4) is 0 Å². The number of benzene rings is 1. The Labute approximate surface area is 105 Å². The van der Waals surface area contributed by atoms with Gasteiger partial charge < -0.3 is 5.73 Å². The van der Waals surface area contributed by atoms with Crippen LogP contribution >= 0.6 is 27.5 Å². The number of aromatic amines is 1. The van der Waals surface area contributed by atoms with Crippen LogP contribution in [0.1, 0.15) is 0 Å². The summed E-state index contributed by atoms with van der Waals surface area (Å²) in [6.45, 7) is 0. The Hall–Kier alpha value is -1.33. The van der Waals surface area contributed by atoms with Gasteiger partial charge in [0.15, 0.2) is 0 Å². The van der Waals surface area contributed by atoms with Crippen LogP contribution in [-0.4, -0.2) is 9.97 Å². The van der Waals surface area contributed by atoms with Gasteiger partial charge in [-0.15, -0.1) is 0 Å². The molecule has 0 spiro atoms. The molecule has 1 heterocycles. The first kappa shape index (κ1) is 11.2. The van der Waals surface area contributed by atoms with E-state index in [0.29, 0.717) is 20.8 Å². The first-order chi connectivity index (χ1) is 7.59. The molecule has 0 saturated heterocycles. The molecule has 0 aliphatic rings. The van der Waals surface area contributed by atoms with Gasteiger partial charge >= 0.3 is 0 Å². The number of nitrogen functional groups attached to an aromatic ring is 1. The van der Waals surface area contributed by atoms with E-state index in [0.717, 1.165) is 0 Å². The minimum atomic E-state index is -0.331. The zero-order chi connectivity index (χ0) is 11.7. The summed E-state index contributed by atoms with van der Waals surface area (Å²) in [6.07, 6.45) is 0. The van der Waals surface area contributed by atoms with Gasteiger partial charge in [-0.3, -0.25) is 9.78 Å². The second-order valence-electron chi connectivity index (χ2n) is 3.09. The molecule has 3 N–H and O–H groups in total. The first-order valence-corrected chi connectivity index (χ1v) is 5.57. The van der Waals surface area contributed by atoms with Gasteiger partial charge in [-0.1, -0.05) is 29.8 Å². The highest BCUT2D eigenvalue weighted by molar-refractivity contribution is 9.10. The second kappa shape index (κ2) is 4.27. The fourth-order valence-electron chi connectivity index (χ4n) is 1.31. The maximum absolute atomic E-state index is 11.5. The Kier molecular flexibility index (Phi) is 2.98. The monoisotopic (exact) mass is 299 g/mol. The topological polar surface area (TPSA) is 71.8 Å². The van der Waals surface area contributed by atoms with Crippen molar-refractivity contribution in [3.8, 4) is 11.3 Å². The van der Waals surface area contributed by atoms with E-state index in [2.05, 4.69) is 25.9 Å². The molecule has 0 aliphatic heterocycles. The molecular formula is C10H7BrClN3O. The molecule has 1 aromatic carbocycles. The van der Waals surface area contributed by atoms with Crippen molar-refractivity contribution in [2.45, 2.75) is 0 Å². The first-order valence-electron chi connectivity index (χ1n) is 4.40. The van der Waals surface area contributed by atoms with Crippen LogP contribution in [0.25, 0.3) is 11.3 Å². The van der Waals surface area contributed by atoms with Crippen LogP contribution < -0.4 is 11.3 Å². The summed E-state index contributed by atoms with van der Waals surface area (Å²) in [7, 11) is 0. The van der Waals surface area contributed by atoms with Crippen LogP contribution in [0.2, 0.25) is 5.02 Å². The molecule has 6 heteroatoms. The molecule has 0 bridgehead atoms. The number of hydrogen-bond acceptors (Lipinski definition) is 3. The predicted octanol–water partition coefficient (Wildman–Crippen LogP) is 2.43. The molecule has 0 radical (unpaired) electrons. The van der Waals surface area contributed by atoms with Crippen LogP contribution in [0.15, 0.2) is 33.5 Å². The van der Waals surface area contributed by atoms with Gasteiger partial charge in [0.1, 0.15) is 4.47 Å². The summed E-state index contributed by atoms with van der Waals surface area (Å²) in [5, 5.41) is 0.515. The quantitative estimate of drug-likeness (QED) is 0.849. The number of H-pyrrole nitrogens is 1. The molecule has 2 aromatic rings. The molecule has 0 unspecified atom stereocenters. The van der Waals surface area contributed by atoms with E-state index in [9.17, 15) is 4.79 Å². The molecule has 2 rings (SSSR count). The van der Waals surface area contributed by atoms with Gasteiger partial charge in [-0.2, -0.15) is 0 Å². The number of nitrogens with one attached hydrogen (secondary N) is 1. The highest BCUT2D eigenvalue weighted by Gasteiger charge is 2.12. The van der Waals surface area contributed by atoms with Crippen molar-refractivity contribution >= 4 is 33.5 Å². The average molecular weight is 301 g/mol. The third kappa shape index (κ3) is 1.96. The van der Waals surface area contributed by atoms with E-state index >= 15 is 0 Å². The van der Waals surface area contributed by atoms with Crippen molar-refractivity contribution in [3.63, 3.8) is 0 Å². The summed E-state index contributed by atoms with van der Waals surface area (Å²) in [4.78, 5) is 17.9. The number of rotatable bonds is 1. The Balaban J connectivity index is 2.74. The minimum Gasteiger partial charge on any atom is -0.369 e. The van der Waals surface area contributed by atoms with Crippen molar-refractivity contribution in [2.75, 3.05) is 5.73 Å². The van der Waals surface area contributed by atoms with Crippen LogP contribution in [0.4, 0.5) is 5.95 Å². The lowest BCUT2D eigenvalue weighted by Gasteiger charge is -2.05. The summed E-state index contributed by atoms with van der Waals surface area (Å²) in [6, 6.07) is 7.11. The van der Waals surface area contributed by atoms with Crippen molar-refractivity contribution < 1.29 is 0 Å². The smallest absolute Gasteiger partial charge is 0.267 e. The summed E-state index contributed by atoms with van der Waals surface area (Å²) < 4.78 is 0.315. The molecule has 4 nitrogen and oxygen atoms in total. The van der Waals surface area contributed by atoms with Crippen LogP contribution in [0.5, 0.6) is 0 Å². The Morgan fingerprint density at radius 2 is 2.06 bits per heavy atom. The van der Waals surface area contributed by atoms with Crippen molar-refractivity contribution in [3.05, 3.63) is 44.1 Å². The van der Waals surface area contributed by atoms with Crippen molar-refractivity contribution in [1.82, 2.24) is 9.97 Å². The van der Waals surface area contributed by atoms with E-state index in [1.807, 2.05) is 6.07 Å². The van der Waals surface area contributed by atoms with Gasteiger partial charge in [-0.05, 0) is 22.0 Å². The number of anilines is 1. The maximum atomic E-state index is 11.5. The second-order valence-corrected chi connectivity index (χ2v) is 4.29. The number of halogens is 2. The highest BCUT2D eigenvalue weighted by atomic mass is 79.9. The van der Waals surface area contributed by atoms with Gasteiger partial charge in [-0.25, -0.2) is 4.98 Å². The Morgan fingerprint density at radius 3 is 2.75 bits per heavy atom. The molecule has 1 aromatic heterocycles. The van der Waals surface area contributed by atoms with Gasteiger partial charge in [0, 0.05) is 5.56 Å². The SMILES string of the molecule is Nc1nc(-c2ccccc2Cl)c(Br)c(=O)[nH]1. The van der Waals surface area contributed by atoms with Crippen LogP contribution in [-0.2, 0) is 0 Å². The number of aromatic nitrogens is 2. The largest absolute Gasteiger partial charge is 0.369 e. The standard InChI is InChI=1S/C10H7BrClN3O/c11-7-8(14-10(13)15-9(7)16)5-3-1-2-4-6(5)12/h1-4H,(H3,13,14,15,16). The van der Waals surface area contributed by atoms with Crippen molar-refractivity contribution in [1.29, 1.82) is 0 Å². The molecule has 0 aliphatic carbocycles. The molecule has 16 heavy (non-hydrogen) atoms. The number of nitrogens with two attached hydrogens (primary N) is 1. The fraction of sp³-hybridized carbons (Fsp3) is 0. The lowest BCUT2D eigenvalue weighted by Crippen LogP contribution is -2.13. The summed E-state index contributed by atoms with van der Waals surface area (Å²) in [5.41, 5.74) is 6.25. The Morgan fingerprint density at radius 1 is 1.38 bits per heavy atom.